The molecule has 6 nitrogen and oxygen atoms in total. The predicted molar refractivity (Wildman–Crippen MR) is 143 cm³/mol. The van der Waals surface area contributed by atoms with Gasteiger partial charge in [0.2, 0.25) is 10.0 Å². The van der Waals surface area contributed by atoms with Crippen molar-refractivity contribution in [2.45, 2.75) is 31.2 Å². The molecule has 0 radical (unpaired) electrons. The predicted octanol–water partition coefficient (Wildman–Crippen LogP) is 4.60. The van der Waals surface area contributed by atoms with Crippen LogP contribution < -0.4 is 10.2 Å². The number of allylic oxidation sites excluding steroid dienone is 4. The quantitative estimate of drug-likeness (QED) is 0.490. The Morgan fingerprint density at radius 2 is 1.76 bits per heavy atom. The Morgan fingerprint density at radius 3 is 2.38 bits per heavy atom. The first kappa shape index (κ1) is 27.3. The van der Waals surface area contributed by atoms with Crippen molar-refractivity contribution in [3.63, 3.8) is 0 Å². The van der Waals surface area contributed by atoms with E-state index in [1.165, 1.54) is 34.6 Å². The van der Waals surface area contributed by atoms with Gasteiger partial charge >= 0.3 is 6.18 Å². The normalized spacial score (nSPS) is 20.9. The van der Waals surface area contributed by atoms with Crippen molar-refractivity contribution in [1.29, 1.82) is 0 Å². The molecule has 1 aliphatic carbocycles. The van der Waals surface area contributed by atoms with E-state index in [0.29, 0.717) is 30.1 Å². The topological polar surface area (TPSA) is 72.9 Å². The van der Waals surface area contributed by atoms with Crippen LogP contribution in [0.4, 0.5) is 24.5 Å². The van der Waals surface area contributed by atoms with Crippen molar-refractivity contribution in [1.82, 2.24) is 4.31 Å². The number of alkyl halides is 3. The molecule has 2 aromatic rings. The summed E-state index contributed by atoms with van der Waals surface area (Å²) < 4.78 is 68.1. The van der Waals surface area contributed by atoms with Crippen LogP contribution in [-0.2, 0) is 15.6 Å². The second-order valence-electron chi connectivity index (χ2n) is 9.16. The molecule has 0 bridgehead atoms. The highest BCUT2D eigenvalue weighted by atomic mass is 32.2. The van der Waals surface area contributed by atoms with Gasteiger partial charge in [-0.05, 0) is 42.8 Å². The molecule has 1 fully saturated rings. The first-order valence-corrected chi connectivity index (χ1v) is 13.6. The molecular formula is C26H28F3N3O3S2. The molecule has 0 saturated carbocycles. The number of anilines is 2. The standard InChI is InChI=1S/C26H28F3N3O3S2/c1-25(33,26(27,28)29)19-11-13-21(14-12-19)32-16-15-31(37(34,35)24-10-6-5-9-23(24)36)18-22(32)17-30-20-7-3-2-4-8-20/h2-8,10-14,22,30,33H,9,15-18H2,1H3/t22-,25+/m0/s1. The molecule has 2 N–H and O–H groups in total. The van der Waals surface area contributed by atoms with Crippen LogP contribution in [0.5, 0.6) is 0 Å². The molecule has 0 spiro atoms. The van der Waals surface area contributed by atoms with Crippen molar-refractivity contribution in [2.24, 2.45) is 0 Å². The SMILES string of the molecule is C[C@@](O)(c1ccc(N2CCN(S(=O)(=O)C3=CC=CCC3=S)C[C@@H]2CNc2ccccc2)cc1)C(F)(F)F. The van der Waals surface area contributed by atoms with Gasteiger partial charge in [-0.1, -0.05) is 54.7 Å². The molecule has 2 atom stereocenters. The zero-order valence-electron chi connectivity index (χ0n) is 20.1. The second kappa shape index (κ2) is 10.6. The smallest absolute Gasteiger partial charge is 0.383 e. The van der Waals surface area contributed by atoms with Gasteiger partial charge in [0.15, 0.2) is 5.60 Å². The number of halogens is 3. The van der Waals surface area contributed by atoms with Gasteiger partial charge in [0.05, 0.1) is 10.9 Å². The maximum atomic E-state index is 13.4. The number of thiocarbonyl (C=S) groups is 1. The number of hydrogen-bond acceptors (Lipinski definition) is 6. The Labute approximate surface area is 220 Å². The highest BCUT2D eigenvalue weighted by Crippen LogP contribution is 2.39. The van der Waals surface area contributed by atoms with E-state index in [-0.39, 0.29) is 29.6 Å². The Bertz CT molecular complexity index is 1290. The average Bonchev–Trinajstić information content (AvgIpc) is 2.87. The summed E-state index contributed by atoms with van der Waals surface area (Å²) in [6.07, 6.45) is 0.597. The fourth-order valence-electron chi connectivity index (χ4n) is 4.39. The van der Waals surface area contributed by atoms with E-state index in [9.17, 15) is 26.7 Å². The Morgan fingerprint density at radius 1 is 1.08 bits per heavy atom. The number of nitrogens with zero attached hydrogens (tertiary/aromatic N) is 2. The van der Waals surface area contributed by atoms with Gasteiger partial charge in [-0.25, -0.2) is 8.42 Å². The minimum Gasteiger partial charge on any atom is -0.383 e. The summed E-state index contributed by atoms with van der Waals surface area (Å²) in [7, 11) is -3.81. The maximum Gasteiger partial charge on any atom is 0.421 e. The molecule has 0 aromatic heterocycles. The van der Waals surface area contributed by atoms with Crippen molar-refractivity contribution >= 4 is 38.5 Å². The van der Waals surface area contributed by atoms with Crippen LogP contribution in [-0.4, -0.2) is 61.1 Å². The number of hydrogen-bond donors (Lipinski definition) is 2. The summed E-state index contributed by atoms with van der Waals surface area (Å²) in [6, 6.07) is 14.7. The van der Waals surface area contributed by atoms with Crippen LogP contribution in [0.15, 0.2) is 77.7 Å². The van der Waals surface area contributed by atoms with E-state index >= 15 is 0 Å². The van der Waals surface area contributed by atoms with E-state index < -0.39 is 21.8 Å². The van der Waals surface area contributed by atoms with Crippen LogP contribution in [0.1, 0.15) is 18.9 Å². The number of para-hydroxylation sites is 1. The highest BCUT2D eigenvalue weighted by molar-refractivity contribution is 7.96. The number of aliphatic hydroxyl groups is 1. The summed E-state index contributed by atoms with van der Waals surface area (Å²) in [5.41, 5.74) is -1.75. The van der Waals surface area contributed by atoms with Gasteiger partial charge in [0.25, 0.3) is 0 Å². The molecule has 2 aliphatic rings. The first-order valence-electron chi connectivity index (χ1n) is 11.8. The fraction of sp³-hybridized carbons (Fsp3) is 0.346. The van der Waals surface area contributed by atoms with E-state index in [1.807, 2.05) is 41.3 Å². The summed E-state index contributed by atoms with van der Waals surface area (Å²) in [4.78, 5) is 2.48. The molecule has 0 unspecified atom stereocenters. The monoisotopic (exact) mass is 551 g/mol. The van der Waals surface area contributed by atoms with E-state index in [1.54, 1.807) is 6.08 Å². The Balaban J connectivity index is 1.60. The van der Waals surface area contributed by atoms with E-state index in [0.717, 1.165) is 12.6 Å². The number of rotatable bonds is 7. The number of benzene rings is 2. The third-order valence-electron chi connectivity index (χ3n) is 6.65. The summed E-state index contributed by atoms with van der Waals surface area (Å²) in [6.45, 7) is 1.79. The molecular weight excluding hydrogens is 523 g/mol. The molecule has 0 amide bonds. The van der Waals surface area contributed by atoms with Crippen molar-refractivity contribution < 1.29 is 26.7 Å². The van der Waals surface area contributed by atoms with Gasteiger partial charge in [0.1, 0.15) is 0 Å². The largest absolute Gasteiger partial charge is 0.421 e. The Kier molecular flexibility index (Phi) is 7.80. The number of piperazine rings is 1. The van der Waals surface area contributed by atoms with Gasteiger partial charge in [-0.2, -0.15) is 17.5 Å². The van der Waals surface area contributed by atoms with Crippen LogP contribution in [0.3, 0.4) is 0 Å². The first-order chi connectivity index (χ1) is 17.4. The van der Waals surface area contributed by atoms with E-state index in [4.69, 9.17) is 12.2 Å². The minimum absolute atomic E-state index is 0.131. The van der Waals surface area contributed by atoms with Crippen LogP contribution in [0.2, 0.25) is 0 Å². The minimum atomic E-state index is -4.82. The third kappa shape index (κ3) is 5.74. The molecule has 2 aromatic carbocycles. The van der Waals surface area contributed by atoms with Gasteiger partial charge in [0, 0.05) is 48.8 Å². The third-order valence-corrected chi connectivity index (χ3v) is 9.12. The fourth-order valence-corrected chi connectivity index (χ4v) is 6.46. The molecule has 1 heterocycles. The average molecular weight is 552 g/mol. The van der Waals surface area contributed by atoms with Crippen molar-refractivity contribution in [2.75, 3.05) is 36.4 Å². The lowest BCUT2D eigenvalue weighted by molar-refractivity contribution is -0.258. The Hall–Kier alpha value is -2.73. The van der Waals surface area contributed by atoms with Crippen molar-refractivity contribution in [3.8, 4) is 0 Å². The zero-order chi connectivity index (χ0) is 26.8. The van der Waals surface area contributed by atoms with Gasteiger partial charge in [-0.3, -0.25) is 0 Å². The molecule has 11 heteroatoms. The van der Waals surface area contributed by atoms with Crippen LogP contribution >= 0.6 is 12.2 Å². The summed E-state index contributed by atoms with van der Waals surface area (Å²) in [5, 5.41) is 13.3. The zero-order valence-corrected chi connectivity index (χ0v) is 21.8. The highest BCUT2D eigenvalue weighted by Gasteiger charge is 2.51. The lowest BCUT2D eigenvalue weighted by Crippen LogP contribution is -2.57. The van der Waals surface area contributed by atoms with Crippen LogP contribution in [0, 0.1) is 0 Å². The number of nitrogens with one attached hydrogen (secondary N) is 1. The van der Waals surface area contributed by atoms with Gasteiger partial charge < -0.3 is 15.3 Å². The maximum absolute atomic E-state index is 13.4. The summed E-state index contributed by atoms with van der Waals surface area (Å²) in [5.74, 6) is 0. The van der Waals surface area contributed by atoms with Crippen LogP contribution in [0.25, 0.3) is 0 Å². The molecule has 4 rings (SSSR count). The molecule has 1 aliphatic heterocycles. The van der Waals surface area contributed by atoms with Crippen molar-refractivity contribution in [3.05, 3.63) is 83.3 Å². The molecule has 1 saturated heterocycles. The second-order valence-corrected chi connectivity index (χ2v) is 11.6. The summed E-state index contributed by atoms with van der Waals surface area (Å²) >= 11 is 5.31. The molecule has 37 heavy (non-hydrogen) atoms. The number of sulfonamides is 1. The van der Waals surface area contributed by atoms with Gasteiger partial charge in [-0.15, -0.1) is 0 Å². The van der Waals surface area contributed by atoms with E-state index in [2.05, 4.69) is 5.32 Å². The molecule has 198 valence electrons. The lowest BCUT2D eigenvalue weighted by Gasteiger charge is -2.42. The lowest BCUT2D eigenvalue weighted by atomic mass is 9.95.